The maximum atomic E-state index is 8.51. The number of aliphatic hydroxyl groups excluding tert-OH is 1. The van der Waals surface area contributed by atoms with E-state index in [0.717, 1.165) is 6.42 Å². The first-order chi connectivity index (χ1) is 9.91. The fraction of sp³-hybridized carbons (Fsp3) is 0.895. The van der Waals surface area contributed by atoms with E-state index < -0.39 is 0 Å². The summed E-state index contributed by atoms with van der Waals surface area (Å²) in [6, 6.07) is 0. The van der Waals surface area contributed by atoms with Gasteiger partial charge in [-0.1, -0.05) is 96.3 Å². The van der Waals surface area contributed by atoms with Crippen LogP contribution in [0.3, 0.4) is 0 Å². The first kappa shape index (κ1) is 19.5. The minimum atomic E-state index is 0.0125. The van der Waals surface area contributed by atoms with E-state index in [1.807, 2.05) is 0 Å². The lowest BCUT2D eigenvalue weighted by atomic mass is 10.0. The zero-order chi connectivity index (χ0) is 14.7. The van der Waals surface area contributed by atoms with E-state index >= 15 is 0 Å². The van der Waals surface area contributed by atoms with Crippen LogP contribution in [0, 0.1) is 11.8 Å². The van der Waals surface area contributed by atoms with Crippen molar-refractivity contribution in [3.63, 3.8) is 0 Å². The van der Waals surface area contributed by atoms with E-state index in [1.165, 1.54) is 89.9 Å². The van der Waals surface area contributed by atoms with E-state index in [2.05, 4.69) is 18.8 Å². The van der Waals surface area contributed by atoms with Crippen LogP contribution in [0.25, 0.3) is 0 Å². The van der Waals surface area contributed by atoms with Gasteiger partial charge in [0.05, 0.1) is 0 Å². The molecule has 1 nitrogen and oxygen atoms in total. The van der Waals surface area contributed by atoms with Crippen LogP contribution in [0.2, 0.25) is 0 Å². The molecule has 0 unspecified atom stereocenters. The number of hydrogen-bond donors (Lipinski definition) is 1. The Morgan fingerprint density at radius 3 is 1.35 bits per heavy atom. The molecule has 0 amide bonds. The average molecular weight is 280 g/mol. The lowest BCUT2D eigenvalue weighted by Gasteiger charge is -2.02. The Labute approximate surface area is 127 Å². The summed E-state index contributed by atoms with van der Waals surface area (Å²) in [6.07, 6.45) is 20.5. The second-order valence-corrected chi connectivity index (χ2v) is 5.86. The first-order valence-corrected chi connectivity index (χ1v) is 8.98. The largest absolute Gasteiger partial charge is 0.384 e. The van der Waals surface area contributed by atoms with Crippen LogP contribution in [0.5, 0.6) is 0 Å². The van der Waals surface area contributed by atoms with Crippen molar-refractivity contribution in [2.24, 2.45) is 0 Å². The predicted molar refractivity (Wildman–Crippen MR) is 89.8 cm³/mol. The average Bonchev–Trinajstić information content (AvgIpc) is 2.47. The van der Waals surface area contributed by atoms with Crippen molar-refractivity contribution >= 4 is 0 Å². The van der Waals surface area contributed by atoms with Crippen LogP contribution < -0.4 is 0 Å². The molecule has 0 aliphatic rings. The second-order valence-electron chi connectivity index (χ2n) is 5.86. The number of aliphatic hydroxyl groups is 1. The van der Waals surface area contributed by atoms with Gasteiger partial charge in [-0.3, -0.25) is 0 Å². The van der Waals surface area contributed by atoms with Crippen molar-refractivity contribution in [1.82, 2.24) is 0 Å². The van der Waals surface area contributed by atoms with Crippen LogP contribution >= 0.6 is 0 Å². The molecule has 0 rings (SSSR count). The fourth-order valence-corrected chi connectivity index (χ4v) is 2.55. The molecule has 0 saturated heterocycles. The molecule has 0 bridgehead atoms. The van der Waals surface area contributed by atoms with Gasteiger partial charge < -0.3 is 5.11 Å². The maximum Gasteiger partial charge on any atom is 0.104 e. The van der Waals surface area contributed by atoms with Gasteiger partial charge in [-0.05, 0) is 6.42 Å². The topological polar surface area (TPSA) is 20.2 Å². The van der Waals surface area contributed by atoms with Crippen LogP contribution in [0.15, 0.2) is 0 Å². The minimum Gasteiger partial charge on any atom is -0.384 e. The summed E-state index contributed by atoms with van der Waals surface area (Å²) in [6.45, 7) is 2.29. The molecule has 0 atom stereocenters. The zero-order valence-corrected chi connectivity index (χ0v) is 13.8. The molecule has 118 valence electrons. The lowest BCUT2D eigenvalue weighted by Crippen LogP contribution is -1.83. The van der Waals surface area contributed by atoms with E-state index in [9.17, 15) is 0 Å². The number of hydrogen-bond acceptors (Lipinski definition) is 1. The van der Waals surface area contributed by atoms with Crippen LogP contribution in [-0.2, 0) is 0 Å². The van der Waals surface area contributed by atoms with Crippen molar-refractivity contribution in [3.05, 3.63) is 0 Å². The molecule has 0 radical (unpaired) electrons. The maximum absolute atomic E-state index is 8.51. The summed E-state index contributed by atoms with van der Waals surface area (Å²) in [5.41, 5.74) is 0. The Morgan fingerprint density at radius 2 is 0.950 bits per heavy atom. The molecule has 0 aromatic rings. The molecule has 1 N–H and O–H groups in total. The Kier molecular flexibility index (Phi) is 18.1. The molecule has 1 heteroatoms. The number of unbranched alkanes of at least 4 members (excludes halogenated alkanes) is 14. The third-order valence-electron chi connectivity index (χ3n) is 3.86. The van der Waals surface area contributed by atoms with Crippen LogP contribution in [0.1, 0.15) is 103 Å². The van der Waals surface area contributed by atoms with Crippen molar-refractivity contribution in [1.29, 1.82) is 0 Å². The third kappa shape index (κ3) is 17.5. The monoisotopic (exact) mass is 280 g/mol. The van der Waals surface area contributed by atoms with Crippen LogP contribution in [-0.4, -0.2) is 11.7 Å². The van der Waals surface area contributed by atoms with Gasteiger partial charge in [-0.2, -0.15) is 0 Å². The zero-order valence-electron chi connectivity index (χ0n) is 13.8. The Bertz CT molecular complexity index is 224. The smallest absolute Gasteiger partial charge is 0.104 e. The number of rotatable bonds is 14. The summed E-state index contributed by atoms with van der Waals surface area (Å²) in [5, 5.41) is 8.51. The molecule has 0 spiro atoms. The van der Waals surface area contributed by atoms with Gasteiger partial charge in [0, 0.05) is 6.42 Å². The van der Waals surface area contributed by atoms with Gasteiger partial charge in [0.2, 0.25) is 0 Å². The van der Waals surface area contributed by atoms with Crippen molar-refractivity contribution in [2.45, 2.75) is 103 Å². The minimum absolute atomic E-state index is 0.0125. The summed E-state index contributed by atoms with van der Waals surface area (Å²) in [4.78, 5) is 0. The third-order valence-corrected chi connectivity index (χ3v) is 3.86. The predicted octanol–water partition coefficient (Wildman–Crippen LogP) is 5.85. The molecule has 0 fully saturated rings. The molecule has 0 saturated carbocycles. The Balaban J connectivity index is 2.96. The summed E-state index contributed by atoms with van der Waals surface area (Å²) in [7, 11) is 0. The molecule has 20 heavy (non-hydrogen) atoms. The molecular formula is C19H36O. The highest BCUT2D eigenvalue weighted by Gasteiger charge is 1.93. The normalized spacial score (nSPS) is 10.3. The highest BCUT2D eigenvalue weighted by atomic mass is 16.2. The highest BCUT2D eigenvalue weighted by Crippen LogP contribution is 2.13. The Hall–Kier alpha value is -0.480. The van der Waals surface area contributed by atoms with E-state index in [0.29, 0.717) is 0 Å². The van der Waals surface area contributed by atoms with Gasteiger partial charge in [0.1, 0.15) is 6.61 Å². The van der Waals surface area contributed by atoms with Crippen molar-refractivity contribution in [2.75, 3.05) is 6.61 Å². The van der Waals surface area contributed by atoms with Gasteiger partial charge >= 0.3 is 0 Å². The molecule has 0 aliphatic heterocycles. The van der Waals surface area contributed by atoms with Gasteiger partial charge in [-0.25, -0.2) is 0 Å². The first-order valence-electron chi connectivity index (χ1n) is 8.98. The summed E-state index contributed by atoms with van der Waals surface area (Å²) in [5.74, 6) is 5.68. The second kappa shape index (κ2) is 18.5. The quantitative estimate of drug-likeness (QED) is 0.312. The van der Waals surface area contributed by atoms with Gasteiger partial charge in [0.25, 0.3) is 0 Å². The summed E-state index contributed by atoms with van der Waals surface area (Å²) < 4.78 is 0. The molecular weight excluding hydrogens is 244 g/mol. The summed E-state index contributed by atoms with van der Waals surface area (Å²) >= 11 is 0. The highest BCUT2D eigenvalue weighted by molar-refractivity contribution is 4.98. The molecule has 0 aromatic carbocycles. The molecule has 0 aliphatic carbocycles. The van der Waals surface area contributed by atoms with Crippen LogP contribution in [0.4, 0.5) is 0 Å². The van der Waals surface area contributed by atoms with E-state index in [4.69, 9.17) is 5.11 Å². The van der Waals surface area contributed by atoms with Crippen molar-refractivity contribution in [3.8, 4) is 11.8 Å². The van der Waals surface area contributed by atoms with Gasteiger partial charge in [0.15, 0.2) is 0 Å². The van der Waals surface area contributed by atoms with E-state index in [-0.39, 0.29) is 6.61 Å². The lowest BCUT2D eigenvalue weighted by molar-refractivity contribution is 0.350. The molecule has 0 heterocycles. The standard InChI is InChI=1S/C19H36O/c1-2-3-4-5-6-7-8-9-10-11-12-13-14-15-16-17-18-19-20/h20H,2-16,19H2,1H3. The SMILES string of the molecule is CCCCCCCCCCCCCCCCC#CCO. The molecule has 0 aromatic heterocycles. The van der Waals surface area contributed by atoms with Gasteiger partial charge in [-0.15, -0.1) is 5.92 Å². The van der Waals surface area contributed by atoms with Crippen molar-refractivity contribution < 1.29 is 5.11 Å². The fourth-order valence-electron chi connectivity index (χ4n) is 2.55. The van der Waals surface area contributed by atoms with E-state index in [1.54, 1.807) is 0 Å². The Morgan fingerprint density at radius 1 is 0.550 bits per heavy atom.